The van der Waals surface area contributed by atoms with Gasteiger partial charge in [0.1, 0.15) is 11.5 Å². The van der Waals surface area contributed by atoms with Crippen molar-refractivity contribution in [1.82, 2.24) is 0 Å². The standard InChI is InChI=1S/C20H27F3O4SSi/c1-7-26-17-13-14-18(29(4,5)6)19(27-28(24,25)20(21,22)23)16(17)12-10-8-9-11-15(2)3/h13-14H,2,7-8,10,12H2,1,3-6H3. The molecular weight excluding hydrogens is 421 g/mol. The Balaban J connectivity index is 3.50. The molecule has 0 aliphatic rings. The first-order valence-electron chi connectivity index (χ1n) is 9.15. The van der Waals surface area contributed by atoms with E-state index in [-0.39, 0.29) is 18.8 Å². The minimum atomic E-state index is -5.81. The predicted molar refractivity (Wildman–Crippen MR) is 112 cm³/mol. The first kappa shape index (κ1) is 25.1. The molecule has 0 bridgehead atoms. The number of alkyl halides is 3. The molecule has 1 aromatic carbocycles. The molecule has 1 aromatic rings. The summed E-state index contributed by atoms with van der Waals surface area (Å²) in [6.07, 6.45) is 1.24. The summed E-state index contributed by atoms with van der Waals surface area (Å²) in [4.78, 5) is 0. The number of benzene rings is 1. The highest BCUT2D eigenvalue weighted by Gasteiger charge is 2.49. The van der Waals surface area contributed by atoms with E-state index < -0.39 is 23.7 Å². The number of hydrogen-bond donors (Lipinski definition) is 0. The third-order valence-electron chi connectivity index (χ3n) is 3.83. The van der Waals surface area contributed by atoms with Gasteiger partial charge in [0.2, 0.25) is 0 Å². The molecule has 4 nitrogen and oxygen atoms in total. The van der Waals surface area contributed by atoms with Gasteiger partial charge >= 0.3 is 15.6 Å². The molecule has 29 heavy (non-hydrogen) atoms. The lowest BCUT2D eigenvalue weighted by molar-refractivity contribution is -0.0500. The SMILES string of the molecule is C=C(C)C#CCCCc1c(OCC)ccc([Si](C)(C)C)c1OS(=O)(=O)C(F)(F)F. The van der Waals surface area contributed by atoms with Crippen molar-refractivity contribution in [3.05, 3.63) is 29.8 Å². The summed E-state index contributed by atoms with van der Waals surface area (Å²) in [5, 5.41) is 0.483. The zero-order valence-corrected chi connectivity index (χ0v) is 19.2. The Morgan fingerprint density at radius 2 is 1.86 bits per heavy atom. The van der Waals surface area contributed by atoms with Gasteiger partial charge in [0.15, 0.2) is 0 Å². The second-order valence-corrected chi connectivity index (χ2v) is 14.1. The summed E-state index contributed by atoms with van der Waals surface area (Å²) in [6, 6.07) is 3.27. The number of allylic oxidation sites excluding steroid dienone is 1. The zero-order chi connectivity index (χ0) is 22.5. The molecule has 0 aromatic heterocycles. The van der Waals surface area contributed by atoms with Crippen LogP contribution in [0.5, 0.6) is 11.5 Å². The van der Waals surface area contributed by atoms with Crippen LogP contribution in [0.1, 0.15) is 32.3 Å². The van der Waals surface area contributed by atoms with Crippen LogP contribution in [0.25, 0.3) is 0 Å². The molecule has 0 N–H and O–H groups in total. The Labute approximate surface area is 172 Å². The first-order valence-corrected chi connectivity index (χ1v) is 14.1. The van der Waals surface area contributed by atoms with E-state index in [0.717, 1.165) is 0 Å². The summed E-state index contributed by atoms with van der Waals surface area (Å²) in [5.41, 5.74) is -4.49. The Bertz CT molecular complexity index is 905. The smallest absolute Gasteiger partial charge is 0.493 e. The summed E-state index contributed by atoms with van der Waals surface area (Å²) in [5.74, 6) is 5.81. The van der Waals surface area contributed by atoms with E-state index >= 15 is 0 Å². The van der Waals surface area contributed by atoms with E-state index in [1.54, 1.807) is 26.0 Å². The van der Waals surface area contributed by atoms with E-state index in [9.17, 15) is 21.6 Å². The molecule has 0 heterocycles. The van der Waals surface area contributed by atoms with Crippen LogP contribution in [0.2, 0.25) is 19.6 Å². The molecule has 0 unspecified atom stereocenters. The molecule has 9 heteroatoms. The maximum absolute atomic E-state index is 13.0. The van der Waals surface area contributed by atoms with E-state index in [1.165, 1.54) is 0 Å². The van der Waals surface area contributed by atoms with Crippen molar-refractivity contribution in [2.45, 2.75) is 58.3 Å². The van der Waals surface area contributed by atoms with Gasteiger partial charge in [-0.25, -0.2) is 0 Å². The average molecular weight is 449 g/mol. The molecule has 0 aliphatic carbocycles. The Morgan fingerprint density at radius 1 is 1.24 bits per heavy atom. The van der Waals surface area contributed by atoms with Crippen LogP contribution in [0.3, 0.4) is 0 Å². The monoisotopic (exact) mass is 448 g/mol. The molecule has 0 radical (unpaired) electrons. The third kappa shape index (κ3) is 7.12. The summed E-state index contributed by atoms with van der Waals surface area (Å²) in [7, 11) is -8.04. The molecule has 0 fully saturated rings. The van der Waals surface area contributed by atoms with Crippen molar-refractivity contribution in [2.75, 3.05) is 6.61 Å². The largest absolute Gasteiger partial charge is 0.534 e. The maximum atomic E-state index is 13.0. The van der Waals surface area contributed by atoms with E-state index in [2.05, 4.69) is 22.6 Å². The van der Waals surface area contributed by atoms with Crippen molar-refractivity contribution in [3.8, 4) is 23.3 Å². The highest BCUT2D eigenvalue weighted by molar-refractivity contribution is 7.88. The van der Waals surface area contributed by atoms with Gasteiger partial charge in [-0.1, -0.05) is 44.1 Å². The second-order valence-electron chi connectivity index (χ2n) is 7.52. The molecule has 0 saturated heterocycles. The van der Waals surface area contributed by atoms with E-state index in [0.29, 0.717) is 34.9 Å². The minimum absolute atomic E-state index is 0.264. The molecule has 0 saturated carbocycles. The highest BCUT2D eigenvalue weighted by Crippen LogP contribution is 2.35. The lowest BCUT2D eigenvalue weighted by atomic mass is 10.1. The van der Waals surface area contributed by atoms with Crippen LogP contribution in [-0.2, 0) is 16.5 Å². The number of ether oxygens (including phenoxy) is 1. The average Bonchev–Trinajstić information content (AvgIpc) is 2.54. The Hall–Kier alpha value is -1.92. The van der Waals surface area contributed by atoms with Gasteiger partial charge in [0, 0.05) is 12.0 Å². The number of halogens is 3. The molecule has 0 aliphatic heterocycles. The van der Waals surface area contributed by atoms with Crippen LogP contribution in [0.4, 0.5) is 13.2 Å². The van der Waals surface area contributed by atoms with Gasteiger partial charge in [-0.15, -0.1) is 0 Å². The van der Waals surface area contributed by atoms with Crippen molar-refractivity contribution >= 4 is 23.4 Å². The van der Waals surface area contributed by atoms with Gasteiger partial charge in [-0.3, -0.25) is 0 Å². The topological polar surface area (TPSA) is 52.6 Å². The van der Waals surface area contributed by atoms with Gasteiger partial charge in [-0.05, 0) is 43.5 Å². The lowest BCUT2D eigenvalue weighted by Gasteiger charge is -2.25. The van der Waals surface area contributed by atoms with Crippen molar-refractivity contribution in [1.29, 1.82) is 0 Å². The maximum Gasteiger partial charge on any atom is 0.534 e. The molecule has 1 rings (SSSR count). The highest BCUT2D eigenvalue weighted by atomic mass is 32.2. The van der Waals surface area contributed by atoms with Gasteiger partial charge < -0.3 is 8.92 Å². The fraction of sp³-hybridized carbons (Fsp3) is 0.500. The predicted octanol–water partition coefficient (Wildman–Crippen LogP) is 4.76. The normalized spacial score (nSPS) is 12.1. The van der Waals surface area contributed by atoms with Crippen molar-refractivity contribution < 1.29 is 30.5 Å². The number of rotatable bonds is 8. The summed E-state index contributed by atoms with van der Waals surface area (Å²) < 4.78 is 72.8. The van der Waals surface area contributed by atoms with Crippen LogP contribution < -0.4 is 14.1 Å². The molecule has 0 spiro atoms. The number of unbranched alkanes of at least 4 members (excludes halogenated alkanes) is 1. The van der Waals surface area contributed by atoms with Crippen LogP contribution in [-0.4, -0.2) is 28.6 Å². The van der Waals surface area contributed by atoms with Gasteiger partial charge in [0.25, 0.3) is 0 Å². The fourth-order valence-corrected chi connectivity index (χ4v) is 4.59. The zero-order valence-electron chi connectivity index (χ0n) is 17.4. The number of hydrogen-bond acceptors (Lipinski definition) is 4. The van der Waals surface area contributed by atoms with Gasteiger partial charge in [0.05, 0.1) is 14.7 Å². The third-order valence-corrected chi connectivity index (χ3v) is 6.79. The summed E-state index contributed by atoms with van der Waals surface area (Å²) in [6.45, 7) is 13.2. The van der Waals surface area contributed by atoms with E-state index in [1.807, 2.05) is 19.6 Å². The van der Waals surface area contributed by atoms with Crippen LogP contribution in [0.15, 0.2) is 24.3 Å². The minimum Gasteiger partial charge on any atom is -0.493 e. The molecule has 0 atom stereocenters. The first-order chi connectivity index (χ1) is 13.2. The van der Waals surface area contributed by atoms with Crippen LogP contribution >= 0.6 is 0 Å². The lowest BCUT2D eigenvalue weighted by Crippen LogP contribution is -2.41. The fourth-order valence-electron chi connectivity index (χ4n) is 2.55. The summed E-state index contributed by atoms with van der Waals surface area (Å²) >= 11 is 0. The Kier molecular flexibility index (Phi) is 8.42. The molecule has 0 amide bonds. The second kappa shape index (κ2) is 9.72. The van der Waals surface area contributed by atoms with E-state index in [4.69, 9.17) is 4.74 Å². The quantitative estimate of drug-likeness (QED) is 0.189. The van der Waals surface area contributed by atoms with Crippen molar-refractivity contribution in [3.63, 3.8) is 0 Å². The Morgan fingerprint density at radius 3 is 2.34 bits per heavy atom. The van der Waals surface area contributed by atoms with Crippen LogP contribution in [0, 0.1) is 11.8 Å². The molecular formula is C20H27F3O4SSi. The molecule has 162 valence electrons. The van der Waals surface area contributed by atoms with Crippen molar-refractivity contribution in [2.24, 2.45) is 0 Å². The van der Waals surface area contributed by atoms with Gasteiger partial charge in [-0.2, -0.15) is 21.6 Å².